The fourth-order valence-corrected chi connectivity index (χ4v) is 2.08. The Hall–Kier alpha value is -1.02. The highest BCUT2D eigenvalue weighted by Crippen LogP contribution is 2.24. The van der Waals surface area contributed by atoms with Crippen molar-refractivity contribution in [2.75, 3.05) is 26.0 Å². The number of nitrogens with one attached hydrogen (secondary N) is 1. The molecule has 1 atom stereocenters. The van der Waals surface area contributed by atoms with Crippen LogP contribution in [0.5, 0.6) is 0 Å². The van der Waals surface area contributed by atoms with Gasteiger partial charge in [0.15, 0.2) is 0 Å². The van der Waals surface area contributed by atoms with E-state index in [1.165, 1.54) is 24.1 Å². The number of anilines is 1. The number of nitrogens with zero attached hydrogens (tertiary/aromatic N) is 1. The van der Waals surface area contributed by atoms with Gasteiger partial charge in [-0.05, 0) is 38.6 Å². The highest BCUT2D eigenvalue weighted by molar-refractivity contribution is 5.53. The second-order valence-electron chi connectivity index (χ2n) is 4.30. The van der Waals surface area contributed by atoms with Crippen LogP contribution in [0.25, 0.3) is 0 Å². The molecule has 1 aromatic carbocycles. The lowest BCUT2D eigenvalue weighted by atomic mass is 9.98. The molecule has 0 aromatic heterocycles. The zero-order chi connectivity index (χ0) is 9.97. The van der Waals surface area contributed by atoms with Crippen molar-refractivity contribution in [3.63, 3.8) is 0 Å². The first kappa shape index (κ1) is 9.53. The number of fused-ring (bicyclic) bond motifs is 1. The van der Waals surface area contributed by atoms with Crippen LogP contribution in [0.15, 0.2) is 24.3 Å². The van der Waals surface area contributed by atoms with E-state index < -0.39 is 0 Å². The van der Waals surface area contributed by atoms with Crippen molar-refractivity contribution in [2.24, 2.45) is 0 Å². The molecule has 0 unspecified atom stereocenters. The predicted molar refractivity (Wildman–Crippen MR) is 60.7 cm³/mol. The van der Waals surface area contributed by atoms with Crippen molar-refractivity contribution in [3.05, 3.63) is 29.8 Å². The van der Waals surface area contributed by atoms with Gasteiger partial charge in [-0.25, -0.2) is 0 Å². The number of likely N-dealkylation sites (N-methyl/N-ethyl adjacent to an activating group) is 1. The largest absolute Gasteiger partial charge is 0.381 e. The fourth-order valence-electron chi connectivity index (χ4n) is 2.08. The van der Waals surface area contributed by atoms with Crippen LogP contribution >= 0.6 is 0 Å². The molecule has 0 aliphatic carbocycles. The van der Waals surface area contributed by atoms with Crippen molar-refractivity contribution in [3.8, 4) is 0 Å². The molecule has 0 radical (unpaired) electrons. The molecule has 1 aliphatic rings. The molecule has 1 aromatic rings. The smallest absolute Gasteiger partial charge is 0.0391 e. The molecule has 1 N–H and O–H groups in total. The van der Waals surface area contributed by atoms with Crippen molar-refractivity contribution < 1.29 is 0 Å². The summed E-state index contributed by atoms with van der Waals surface area (Å²) < 4.78 is 0. The Balaban J connectivity index is 2.06. The summed E-state index contributed by atoms with van der Waals surface area (Å²) in [6, 6.07) is 9.22. The van der Waals surface area contributed by atoms with E-state index in [1.54, 1.807) is 0 Å². The van der Waals surface area contributed by atoms with Crippen LogP contribution < -0.4 is 5.32 Å². The minimum absolute atomic E-state index is 0.611. The second-order valence-corrected chi connectivity index (χ2v) is 4.30. The Morgan fingerprint density at radius 2 is 2.14 bits per heavy atom. The average Bonchev–Trinajstić information content (AvgIpc) is 2.17. The highest BCUT2D eigenvalue weighted by Gasteiger charge is 2.16. The Labute approximate surface area is 85.9 Å². The van der Waals surface area contributed by atoms with E-state index in [4.69, 9.17) is 0 Å². The number of benzene rings is 1. The van der Waals surface area contributed by atoms with Crippen molar-refractivity contribution in [2.45, 2.75) is 18.9 Å². The number of aryl methyl sites for hydroxylation is 1. The zero-order valence-corrected chi connectivity index (χ0v) is 8.96. The third kappa shape index (κ3) is 2.07. The fraction of sp³-hybridized carbons (Fsp3) is 0.500. The molecule has 2 nitrogen and oxygen atoms in total. The van der Waals surface area contributed by atoms with E-state index in [1.807, 2.05) is 0 Å². The van der Waals surface area contributed by atoms with Gasteiger partial charge in [0.1, 0.15) is 0 Å². The van der Waals surface area contributed by atoms with Crippen molar-refractivity contribution >= 4 is 5.69 Å². The molecular formula is C12H18N2. The molecule has 2 rings (SSSR count). The van der Waals surface area contributed by atoms with Crippen molar-refractivity contribution in [1.82, 2.24) is 4.90 Å². The quantitative estimate of drug-likeness (QED) is 0.767. The molecule has 0 saturated carbocycles. The zero-order valence-electron chi connectivity index (χ0n) is 8.96. The van der Waals surface area contributed by atoms with Gasteiger partial charge in [-0.2, -0.15) is 0 Å². The van der Waals surface area contributed by atoms with E-state index in [2.05, 4.69) is 48.6 Å². The maximum Gasteiger partial charge on any atom is 0.0391 e. The third-order valence-electron chi connectivity index (χ3n) is 2.72. The predicted octanol–water partition coefficient (Wildman–Crippen LogP) is 1.97. The minimum Gasteiger partial charge on any atom is -0.381 e. The van der Waals surface area contributed by atoms with Crippen LogP contribution in [-0.4, -0.2) is 31.6 Å². The van der Waals surface area contributed by atoms with Gasteiger partial charge in [-0.3, -0.25) is 0 Å². The number of hydrogen-bond acceptors (Lipinski definition) is 2. The second kappa shape index (κ2) is 4.01. The standard InChI is InChI=1S/C12H18N2/c1-14(2)9-11-8-7-10-5-3-4-6-12(10)13-11/h3-6,11,13H,7-9H2,1-2H3/t11-/m0/s1. The summed E-state index contributed by atoms with van der Waals surface area (Å²) in [6.45, 7) is 1.12. The van der Waals surface area contributed by atoms with Gasteiger partial charge >= 0.3 is 0 Å². The third-order valence-corrected chi connectivity index (χ3v) is 2.72. The maximum absolute atomic E-state index is 3.59. The van der Waals surface area contributed by atoms with Gasteiger partial charge in [-0.1, -0.05) is 18.2 Å². The molecule has 0 spiro atoms. The molecule has 2 heteroatoms. The minimum atomic E-state index is 0.611. The molecular weight excluding hydrogens is 172 g/mol. The number of rotatable bonds is 2. The van der Waals surface area contributed by atoms with E-state index in [9.17, 15) is 0 Å². The van der Waals surface area contributed by atoms with Crippen LogP contribution in [0.2, 0.25) is 0 Å². The first-order chi connectivity index (χ1) is 6.75. The highest BCUT2D eigenvalue weighted by atomic mass is 15.1. The summed E-state index contributed by atoms with van der Waals surface area (Å²) in [5, 5.41) is 3.59. The lowest BCUT2D eigenvalue weighted by Gasteiger charge is -2.29. The molecule has 0 amide bonds. The van der Waals surface area contributed by atoms with E-state index in [0.717, 1.165) is 6.54 Å². The van der Waals surface area contributed by atoms with E-state index >= 15 is 0 Å². The normalized spacial score (nSPS) is 20.4. The molecule has 0 fully saturated rings. The van der Waals surface area contributed by atoms with Gasteiger partial charge < -0.3 is 10.2 Å². The monoisotopic (exact) mass is 190 g/mol. The molecule has 0 bridgehead atoms. The Morgan fingerprint density at radius 1 is 1.36 bits per heavy atom. The topological polar surface area (TPSA) is 15.3 Å². The van der Waals surface area contributed by atoms with Gasteiger partial charge in [0.05, 0.1) is 0 Å². The molecule has 0 saturated heterocycles. The van der Waals surface area contributed by atoms with Crippen LogP contribution in [0, 0.1) is 0 Å². The van der Waals surface area contributed by atoms with Crippen LogP contribution in [0.4, 0.5) is 5.69 Å². The Bertz CT molecular complexity index is 307. The van der Waals surface area contributed by atoms with E-state index in [0.29, 0.717) is 6.04 Å². The molecule has 1 aliphatic heterocycles. The first-order valence-electron chi connectivity index (χ1n) is 5.25. The average molecular weight is 190 g/mol. The summed E-state index contributed by atoms with van der Waals surface area (Å²) in [6.07, 6.45) is 2.46. The maximum atomic E-state index is 3.59. The summed E-state index contributed by atoms with van der Waals surface area (Å²) in [4.78, 5) is 2.24. The van der Waals surface area contributed by atoms with Crippen LogP contribution in [-0.2, 0) is 6.42 Å². The Kier molecular flexibility index (Phi) is 2.73. The lowest BCUT2D eigenvalue weighted by molar-refractivity contribution is 0.371. The number of para-hydroxylation sites is 1. The van der Waals surface area contributed by atoms with Crippen LogP contribution in [0.3, 0.4) is 0 Å². The van der Waals surface area contributed by atoms with Gasteiger partial charge in [0, 0.05) is 18.3 Å². The molecule has 1 heterocycles. The SMILES string of the molecule is CN(C)C[C@@H]1CCc2ccccc2N1. The summed E-state index contributed by atoms with van der Waals surface area (Å²) >= 11 is 0. The van der Waals surface area contributed by atoms with Gasteiger partial charge in [0.25, 0.3) is 0 Å². The van der Waals surface area contributed by atoms with Gasteiger partial charge in [-0.15, -0.1) is 0 Å². The Morgan fingerprint density at radius 3 is 2.93 bits per heavy atom. The molecule has 14 heavy (non-hydrogen) atoms. The lowest BCUT2D eigenvalue weighted by Crippen LogP contribution is -2.35. The summed E-state index contributed by atoms with van der Waals surface area (Å²) in [7, 11) is 4.25. The number of hydrogen-bond donors (Lipinski definition) is 1. The van der Waals surface area contributed by atoms with Gasteiger partial charge in [0.2, 0.25) is 0 Å². The van der Waals surface area contributed by atoms with Crippen molar-refractivity contribution in [1.29, 1.82) is 0 Å². The van der Waals surface area contributed by atoms with Crippen LogP contribution in [0.1, 0.15) is 12.0 Å². The van der Waals surface area contributed by atoms with E-state index in [-0.39, 0.29) is 0 Å². The summed E-state index contributed by atoms with van der Waals surface area (Å²) in [5.74, 6) is 0. The first-order valence-corrected chi connectivity index (χ1v) is 5.25. The summed E-state index contributed by atoms with van der Waals surface area (Å²) in [5.41, 5.74) is 2.79. The molecule has 76 valence electrons.